The van der Waals surface area contributed by atoms with Crippen LogP contribution in [0.3, 0.4) is 0 Å². The number of nitrogen functional groups attached to an aromatic ring is 1. The quantitative estimate of drug-likeness (QED) is 0.569. The van der Waals surface area contributed by atoms with Crippen molar-refractivity contribution in [2.45, 2.75) is 39.5 Å². The monoisotopic (exact) mass is 296 g/mol. The van der Waals surface area contributed by atoms with Gasteiger partial charge >= 0.3 is 0 Å². The Bertz CT molecular complexity index is 478. The number of thiophene rings is 1. The summed E-state index contributed by atoms with van der Waals surface area (Å²) in [5, 5.41) is 4.45. The van der Waals surface area contributed by atoms with E-state index in [9.17, 15) is 4.79 Å². The highest BCUT2D eigenvalue weighted by Gasteiger charge is 2.33. The van der Waals surface area contributed by atoms with Gasteiger partial charge in [0.15, 0.2) is 5.78 Å². The molecular weight excluding hydrogens is 272 g/mol. The molecule has 0 saturated heterocycles. The molecule has 112 valence electrons. The summed E-state index contributed by atoms with van der Waals surface area (Å²) in [7, 11) is 0. The lowest BCUT2D eigenvalue weighted by molar-refractivity contribution is 0.0944. The molecule has 1 aliphatic rings. The summed E-state index contributed by atoms with van der Waals surface area (Å²) in [5.41, 5.74) is 8.10. The van der Waals surface area contributed by atoms with Crippen LogP contribution in [0.5, 0.6) is 0 Å². The molecule has 1 aliphatic carbocycles. The molecule has 1 saturated carbocycles. The number of ketones is 1. The summed E-state index contributed by atoms with van der Waals surface area (Å²) >= 11 is 1.51. The van der Waals surface area contributed by atoms with Gasteiger partial charge in [0.25, 0.3) is 0 Å². The van der Waals surface area contributed by atoms with E-state index < -0.39 is 0 Å². The van der Waals surface area contributed by atoms with Gasteiger partial charge in [0.05, 0.1) is 22.2 Å². The maximum absolute atomic E-state index is 12.2. The number of Topliss-reactive ketones (excluding diaryl/α,β-unsaturated/α-hetero) is 1. The Morgan fingerprint density at radius 3 is 2.75 bits per heavy atom. The molecule has 0 atom stereocenters. The predicted molar refractivity (Wildman–Crippen MR) is 84.9 cm³/mol. The van der Waals surface area contributed by atoms with Gasteiger partial charge in [-0.05, 0) is 25.7 Å². The zero-order valence-corrected chi connectivity index (χ0v) is 13.3. The van der Waals surface area contributed by atoms with Gasteiger partial charge in [0.1, 0.15) is 0 Å². The van der Waals surface area contributed by atoms with Crippen molar-refractivity contribution in [3.8, 4) is 0 Å². The van der Waals surface area contributed by atoms with Crippen LogP contribution in [0.15, 0.2) is 0 Å². The highest BCUT2D eigenvalue weighted by atomic mass is 32.1. The van der Waals surface area contributed by atoms with Crippen LogP contribution >= 0.6 is 11.3 Å². The minimum absolute atomic E-state index is 0.0146. The number of anilines is 2. The molecule has 0 spiro atoms. The lowest BCUT2D eigenvalue weighted by Crippen LogP contribution is -2.09. The summed E-state index contributed by atoms with van der Waals surface area (Å²) in [6.07, 6.45) is 2.35. The second-order valence-electron chi connectivity index (χ2n) is 5.50. The third kappa shape index (κ3) is 3.33. The number of nitrogens with one attached hydrogen (secondary N) is 1. The fourth-order valence-electron chi connectivity index (χ4n) is 2.19. The highest BCUT2D eigenvalue weighted by molar-refractivity contribution is 7.18. The maximum Gasteiger partial charge on any atom is 0.177 e. The van der Waals surface area contributed by atoms with E-state index in [-0.39, 0.29) is 11.7 Å². The largest absolute Gasteiger partial charge is 0.397 e. The first-order valence-corrected chi connectivity index (χ1v) is 8.15. The second kappa shape index (κ2) is 6.59. The predicted octanol–water partition coefficient (Wildman–Crippen LogP) is 3.49. The van der Waals surface area contributed by atoms with Crippen LogP contribution in [-0.4, -0.2) is 25.5 Å². The Hall–Kier alpha value is -1.07. The topological polar surface area (TPSA) is 64.3 Å². The number of carbonyl (C=O) groups is 1. The van der Waals surface area contributed by atoms with Gasteiger partial charge in [-0.2, -0.15) is 0 Å². The fraction of sp³-hybridized carbons (Fsp3) is 0.667. The first kappa shape index (κ1) is 15.3. The van der Waals surface area contributed by atoms with Crippen LogP contribution in [-0.2, 0) is 4.74 Å². The van der Waals surface area contributed by atoms with E-state index in [1.807, 2.05) is 20.8 Å². The summed E-state index contributed by atoms with van der Waals surface area (Å²) < 4.78 is 5.34. The van der Waals surface area contributed by atoms with Crippen molar-refractivity contribution in [1.29, 1.82) is 0 Å². The molecule has 3 N–H and O–H groups in total. The van der Waals surface area contributed by atoms with Crippen LogP contribution in [0, 0.1) is 5.92 Å². The summed E-state index contributed by atoms with van der Waals surface area (Å²) in [5.74, 6) is 0.668. The molecular formula is C15H24N2O2S. The van der Waals surface area contributed by atoms with Gasteiger partial charge in [0.2, 0.25) is 0 Å². The third-order valence-corrected chi connectivity index (χ3v) is 4.65. The summed E-state index contributed by atoms with van der Waals surface area (Å²) in [6.45, 7) is 7.97. The minimum atomic E-state index is -0.0146. The van der Waals surface area contributed by atoms with Gasteiger partial charge in [-0.15, -0.1) is 11.3 Å². The van der Waals surface area contributed by atoms with Crippen LogP contribution in [0.4, 0.5) is 10.7 Å². The van der Waals surface area contributed by atoms with Gasteiger partial charge < -0.3 is 15.8 Å². The molecule has 1 fully saturated rings. The smallest absolute Gasteiger partial charge is 0.177 e. The Labute approximate surface area is 124 Å². The minimum Gasteiger partial charge on any atom is -0.397 e. The van der Waals surface area contributed by atoms with Gasteiger partial charge in [-0.3, -0.25) is 4.79 Å². The molecule has 0 aliphatic heterocycles. The first-order chi connectivity index (χ1) is 9.56. The zero-order valence-electron chi connectivity index (χ0n) is 12.5. The Kier molecular flexibility index (Phi) is 5.05. The average Bonchev–Trinajstić information content (AvgIpc) is 3.19. The van der Waals surface area contributed by atoms with E-state index in [4.69, 9.17) is 10.5 Å². The molecule has 0 amide bonds. The molecule has 2 rings (SSSR count). The van der Waals surface area contributed by atoms with E-state index in [0.29, 0.717) is 18.2 Å². The summed E-state index contributed by atoms with van der Waals surface area (Å²) in [6, 6.07) is 0. The normalized spacial score (nSPS) is 14.8. The van der Waals surface area contributed by atoms with E-state index >= 15 is 0 Å². The number of carbonyl (C=O) groups excluding carboxylic acids is 1. The molecule has 1 aromatic heterocycles. The molecule has 1 aromatic rings. The van der Waals surface area contributed by atoms with E-state index in [0.717, 1.165) is 28.6 Å². The van der Waals surface area contributed by atoms with Crippen LogP contribution in [0.2, 0.25) is 0 Å². The molecule has 0 bridgehead atoms. The third-order valence-electron chi connectivity index (χ3n) is 3.45. The molecule has 20 heavy (non-hydrogen) atoms. The lowest BCUT2D eigenvalue weighted by atomic mass is 10.0. The van der Waals surface area contributed by atoms with E-state index in [2.05, 4.69) is 5.32 Å². The van der Waals surface area contributed by atoms with Crippen LogP contribution < -0.4 is 11.1 Å². The second-order valence-corrected chi connectivity index (χ2v) is 6.53. The van der Waals surface area contributed by atoms with E-state index in [1.165, 1.54) is 24.2 Å². The Morgan fingerprint density at radius 2 is 2.20 bits per heavy atom. The van der Waals surface area contributed by atoms with E-state index in [1.54, 1.807) is 0 Å². The fourth-order valence-corrected chi connectivity index (χ4v) is 3.51. The molecule has 0 aromatic carbocycles. The average molecular weight is 296 g/mol. The van der Waals surface area contributed by atoms with Crippen molar-refractivity contribution >= 4 is 27.8 Å². The SMILES string of the molecule is CCOCCNc1sc(C(=O)C(C)C)c(N)c1C1CC1. The zero-order chi connectivity index (χ0) is 14.7. The first-order valence-electron chi connectivity index (χ1n) is 7.34. The number of rotatable bonds is 8. The maximum atomic E-state index is 12.2. The van der Waals surface area contributed by atoms with Gasteiger partial charge in [0, 0.05) is 24.6 Å². The van der Waals surface area contributed by atoms with Crippen molar-refractivity contribution in [2.75, 3.05) is 30.8 Å². The Balaban J connectivity index is 2.17. The molecule has 0 unspecified atom stereocenters. The van der Waals surface area contributed by atoms with Gasteiger partial charge in [-0.25, -0.2) is 0 Å². The number of hydrogen-bond donors (Lipinski definition) is 2. The molecule has 5 heteroatoms. The number of ether oxygens (including phenoxy) is 1. The summed E-state index contributed by atoms with van der Waals surface area (Å²) in [4.78, 5) is 13.0. The van der Waals surface area contributed by atoms with Gasteiger partial charge in [-0.1, -0.05) is 13.8 Å². The number of nitrogens with two attached hydrogens (primary N) is 1. The number of hydrogen-bond acceptors (Lipinski definition) is 5. The Morgan fingerprint density at radius 1 is 1.50 bits per heavy atom. The van der Waals surface area contributed by atoms with Crippen molar-refractivity contribution in [3.05, 3.63) is 10.4 Å². The van der Waals surface area contributed by atoms with Crippen LogP contribution in [0.25, 0.3) is 0 Å². The molecule has 4 nitrogen and oxygen atoms in total. The molecule has 0 radical (unpaired) electrons. The molecule has 1 heterocycles. The van der Waals surface area contributed by atoms with Crippen LogP contribution in [0.1, 0.15) is 54.8 Å². The van der Waals surface area contributed by atoms with Crippen molar-refractivity contribution < 1.29 is 9.53 Å². The van der Waals surface area contributed by atoms with Crippen molar-refractivity contribution in [1.82, 2.24) is 0 Å². The lowest BCUT2D eigenvalue weighted by Gasteiger charge is -2.07. The van der Waals surface area contributed by atoms with Crippen molar-refractivity contribution in [2.24, 2.45) is 5.92 Å². The van der Waals surface area contributed by atoms with Crippen molar-refractivity contribution in [3.63, 3.8) is 0 Å². The standard InChI is InChI=1S/C15H24N2O2S/c1-4-19-8-7-17-15-11(10-5-6-10)12(16)14(20-15)13(18)9(2)3/h9-10,17H,4-8,16H2,1-3H3. The highest BCUT2D eigenvalue weighted by Crippen LogP contribution is 2.51.